The molecule has 46 heavy (non-hydrogen) atoms. The molecule has 0 saturated carbocycles. The number of fused-ring (bicyclic) bond motifs is 2. The van der Waals surface area contributed by atoms with Gasteiger partial charge in [-0.05, 0) is 56.3 Å². The van der Waals surface area contributed by atoms with Crippen molar-refractivity contribution in [3.8, 4) is 45.3 Å². The van der Waals surface area contributed by atoms with Crippen LogP contribution in [0, 0.1) is 0 Å². The van der Waals surface area contributed by atoms with Gasteiger partial charge >= 0.3 is 0 Å². The lowest BCUT2D eigenvalue weighted by Gasteiger charge is -2.26. The van der Waals surface area contributed by atoms with E-state index in [1.54, 1.807) is 0 Å². The van der Waals surface area contributed by atoms with Crippen LogP contribution in [0.1, 0.15) is 74.9 Å². The molecule has 6 heteroatoms. The summed E-state index contributed by atoms with van der Waals surface area (Å²) in [7, 11) is 0. The molecule has 1 heterocycles. The molecular formula is C40H46O4S2. The first-order chi connectivity index (χ1) is 21.9. The molecule has 0 spiro atoms. The van der Waals surface area contributed by atoms with Gasteiger partial charge in [0.25, 0.3) is 0 Å². The maximum Gasteiger partial charge on any atom is 0.131 e. The number of aromatic hydroxyl groups is 2. The molecule has 4 aromatic rings. The molecule has 0 atom stereocenters. The van der Waals surface area contributed by atoms with Gasteiger partial charge in [0.2, 0.25) is 0 Å². The fourth-order valence-electron chi connectivity index (χ4n) is 6.29. The van der Waals surface area contributed by atoms with Crippen LogP contribution in [0.2, 0.25) is 0 Å². The van der Waals surface area contributed by atoms with Crippen LogP contribution in [0.4, 0.5) is 0 Å². The lowest BCUT2D eigenvalue weighted by Crippen LogP contribution is -2.14. The number of thioether (sulfide) groups is 2. The molecular weight excluding hydrogens is 609 g/mol. The average Bonchev–Trinajstić information content (AvgIpc) is 2.99. The summed E-state index contributed by atoms with van der Waals surface area (Å²) in [4.78, 5) is 0. The van der Waals surface area contributed by atoms with Crippen molar-refractivity contribution >= 4 is 23.5 Å². The fraction of sp³-hybridized carbons (Fsp3) is 0.400. The monoisotopic (exact) mass is 654 g/mol. The van der Waals surface area contributed by atoms with Crippen molar-refractivity contribution in [3.63, 3.8) is 0 Å². The second kappa shape index (κ2) is 13.1. The van der Waals surface area contributed by atoms with E-state index in [4.69, 9.17) is 9.47 Å². The molecule has 10 bridgehead atoms. The van der Waals surface area contributed by atoms with E-state index in [2.05, 4.69) is 90.1 Å². The van der Waals surface area contributed by atoms with E-state index in [1.807, 2.05) is 35.7 Å². The topological polar surface area (TPSA) is 58.9 Å². The van der Waals surface area contributed by atoms with Gasteiger partial charge in [-0.3, -0.25) is 0 Å². The van der Waals surface area contributed by atoms with Crippen LogP contribution < -0.4 is 9.47 Å². The molecule has 1 aliphatic carbocycles. The number of phenols is 2. The van der Waals surface area contributed by atoms with Gasteiger partial charge in [0.15, 0.2) is 0 Å². The zero-order valence-electron chi connectivity index (χ0n) is 28.0. The SMILES string of the molecule is CC(C)(C)c1cc2c(O)c(c1)Cc1cccc3c1OCCSCCSCCOc1c(cccc1-c1cc(C(C)(C)C)cc-3c1O)C2. The van der Waals surface area contributed by atoms with Crippen molar-refractivity contribution in [2.45, 2.75) is 65.2 Å². The Bertz CT molecular complexity index is 1640. The number of rotatable bonds is 0. The minimum atomic E-state index is -0.168. The predicted molar refractivity (Wildman–Crippen MR) is 196 cm³/mol. The Kier molecular flexibility index (Phi) is 9.33. The van der Waals surface area contributed by atoms with Gasteiger partial charge in [0.1, 0.15) is 23.0 Å². The highest BCUT2D eigenvalue weighted by molar-refractivity contribution is 8.02. The first-order valence-corrected chi connectivity index (χ1v) is 18.6. The predicted octanol–water partition coefficient (Wildman–Crippen LogP) is 9.76. The van der Waals surface area contributed by atoms with E-state index in [1.165, 1.54) is 5.56 Å². The van der Waals surface area contributed by atoms with Crippen molar-refractivity contribution in [1.82, 2.24) is 0 Å². The Morgan fingerprint density at radius 1 is 0.522 bits per heavy atom. The van der Waals surface area contributed by atoms with Gasteiger partial charge in [-0.25, -0.2) is 0 Å². The molecule has 242 valence electrons. The number of hydrogen-bond donors (Lipinski definition) is 2. The summed E-state index contributed by atoms with van der Waals surface area (Å²) in [5.74, 6) is 5.90. The van der Waals surface area contributed by atoms with Crippen LogP contribution in [0.15, 0.2) is 60.7 Å². The standard InChI is InChI=1S/C40H46O4S2/c1-39(2,3)29-21-27-19-25-9-7-11-31-33-23-30(40(4,5)6)24-34(36(33)42)32-12-8-10-26(20-28(22-29)35(27)41)38(32)44-14-16-46-18-17-45-15-13-43-37(25)31/h7-12,21-24,41-42H,13-20H2,1-6H3. The number of para-hydroxylation sites is 2. The lowest BCUT2D eigenvalue weighted by atomic mass is 9.81. The van der Waals surface area contributed by atoms with Gasteiger partial charge in [0, 0.05) is 58.1 Å². The summed E-state index contributed by atoms with van der Waals surface area (Å²) in [6, 6.07) is 20.9. The molecule has 1 aliphatic heterocycles. The molecule has 0 amide bonds. The molecule has 2 aliphatic rings. The van der Waals surface area contributed by atoms with Gasteiger partial charge in [-0.15, -0.1) is 0 Å². The lowest BCUT2D eigenvalue weighted by molar-refractivity contribution is 0.341. The van der Waals surface area contributed by atoms with Crippen LogP contribution in [0.3, 0.4) is 0 Å². The molecule has 0 radical (unpaired) electrons. The van der Waals surface area contributed by atoms with Crippen molar-refractivity contribution < 1.29 is 19.7 Å². The van der Waals surface area contributed by atoms with Gasteiger partial charge in [0.05, 0.1) is 13.2 Å². The zero-order chi connectivity index (χ0) is 32.6. The molecule has 0 unspecified atom stereocenters. The molecule has 4 aromatic carbocycles. The van der Waals surface area contributed by atoms with Crippen LogP contribution >= 0.6 is 23.5 Å². The van der Waals surface area contributed by atoms with E-state index in [0.29, 0.717) is 31.8 Å². The van der Waals surface area contributed by atoms with Crippen molar-refractivity contribution in [2.75, 3.05) is 36.2 Å². The highest BCUT2D eigenvalue weighted by Crippen LogP contribution is 2.49. The summed E-state index contributed by atoms with van der Waals surface area (Å²) >= 11 is 3.80. The summed E-state index contributed by atoms with van der Waals surface area (Å²) < 4.78 is 13.4. The molecule has 6 rings (SSSR count). The maximum atomic E-state index is 12.2. The van der Waals surface area contributed by atoms with Crippen molar-refractivity contribution in [3.05, 3.63) is 94.0 Å². The third-order valence-corrected chi connectivity index (χ3v) is 11.1. The van der Waals surface area contributed by atoms with Crippen LogP contribution in [0.5, 0.6) is 23.0 Å². The Balaban J connectivity index is 1.73. The van der Waals surface area contributed by atoms with E-state index >= 15 is 0 Å². The summed E-state index contributed by atoms with van der Waals surface area (Å²) in [6.07, 6.45) is 1.01. The zero-order valence-corrected chi connectivity index (χ0v) is 29.6. The second-order valence-corrected chi connectivity index (χ2v) is 16.9. The van der Waals surface area contributed by atoms with Gasteiger partial charge < -0.3 is 19.7 Å². The quantitative estimate of drug-likeness (QED) is 0.173. The summed E-state index contributed by atoms with van der Waals surface area (Å²) in [5, 5.41) is 24.1. The van der Waals surface area contributed by atoms with E-state index in [-0.39, 0.29) is 16.6 Å². The Labute approximate surface area is 282 Å². The molecule has 0 aromatic heterocycles. The number of phenolic OH excluding ortho intramolecular Hbond substituents is 2. The van der Waals surface area contributed by atoms with E-state index in [9.17, 15) is 10.2 Å². The molecule has 0 fully saturated rings. The largest absolute Gasteiger partial charge is 0.507 e. The summed E-state index contributed by atoms with van der Waals surface area (Å²) in [5.41, 5.74) is 8.95. The molecule has 4 nitrogen and oxygen atoms in total. The third kappa shape index (κ3) is 6.75. The first-order valence-electron chi connectivity index (χ1n) is 16.3. The number of ether oxygens (including phenoxy) is 2. The van der Waals surface area contributed by atoms with E-state index in [0.717, 1.165) is 84.6 Å². The maximum absolute atomic E-state index is 12.2. The van der Waals surface area contributed by atoms with Gasteiger partial charge in [-0.1, -0.05) is 90.1 Å². The third-order valence-electron chi connectivity index (χ3n) is 8.97. The summed E-state index contributed by atoms with van der Waals surface area (Å²) in [6.45, 7) is 14.4. The van der Waals surface area contributed by atoms with Crippen LogP contribution in [0.25, 0.3) is 22.3 Å². The smallest absolute Gasteiger partial charge is 0.131 e. The normalized spacial score (nSPS) is 15.7. The highest BCUT2D eigenvalue weighted by Gasteiger charge is 2.27. The first kappa shape index (κ1) is 32.7. The highest BCUT2D eigenvalue weighted by atomic mass is 32.2. The van der Waals surface area contributed by atoms with E-state index < -0.39 is 0 Å². The van der Waals surface area contributed by atoms with Gasteiger partial charge in [-0.2, -0.15) is 23.5 Å². The number of benzene rings is 4. The van der Waals surface area contributed by atoms with Crippen LogP contribution in [-0.4, -0.2) is 46.4 Å². The Hall–Kier alpha value is -3.22. The van der Waals surface area contributed by atoms with Crippen molar-refractivity contribution in [2.24, 2.45) is 0 Å². The Morgan fingerprint density at radius 3 is 1.39 bits per heavy atom. The van der Waals surface area contributed by atoms with Crippen molar-refractivity contribution in [1.29, 1.82) is 0 Å². The Morgan fingerprint density at radius 2 is 0.957 bits per heavy atom. The number of hydrogen-bond acceptors (Lipinski definition) is 6. The molecule has 0 saturated heterocycles. The molecule has 2 N–H and O–H groups in total. The minimum Gasteiger partial charge on any atom is -0.507 e. The minimum absolute atomic E-state index is 0.110. The average molecular weight is 655 g/mol. The fourth-order valence-corrected chi connectivity index (χ4v) is 8.04. The van der Waals surface area contributed by atoms with Crippen LogP contribution in [-0.2, 0) is 23.7 Å². The second-order valence-electron chi connectivity index (χ2n) is 14.4.